The average Bonchev–Trinajstić information content (AvgIpc) is 2.93. The van der Waals surface area contributed by atoms with E-state index in [2.05, 4.69) is 5.32 Å². The number of fused-ring (bicyclic) bond motifs is 1. The first-order valence-electron chi connectivity index (χ1n) is 8.99. The fraction of sp³-hybridized carbons (Fsp3) is 0.273. The van der Waals surface area contributed by atoms with Crippen LogP contribution in [-0.2, 0) is 4.79 Å². The van der Waals surface area contributed by atoms with E-state index in [-0.39, 0.29) is 24.2 Å². The highest BCUT2D eigenvalue weighted by Gasteiger charge is 2.21. The Hall–Kier alpha value is -2.73. The number of hydrogen-bond donors (Lipinski definition) is 1. The van der Waals surface area contributed by atoms with Gasteiger partial charge in [-0.1, -0.05) is 17.7 Å². The van der Waals surface area contributed by atoms with Crippen molar-refractivity contribution >= 4 is 38.9 Å². The maximum absolute atomic E-state index is 13.5. The number of anilines is 1. The molecule has 0 bridgehead atoms. The normalized spacial score (nSPS) is 10.9. The highest BCUT2D eigenvalue weighted by Crippen LogP contribution is 2.32. The first-order chi connectivity index (χ1) is 13.2. The zero-order valence-corrected chi connectivity index (χ0v) is 17.5. The number of nitrogens with one attached hydrogen (secondary N) is 1. The Morgan fingerprint density at radius 2 is 1.71 bits per heavy atom. The van der Waals surface area contributed by atoms with Crippen LogP contribution >= 0.6 is 11.3 Å². The Morgan fingerprint density at radius 1 is 1.07 bits per heavy atom. The van der Waals surface area contributed by atoms with E-state index in [0.29, 0.717) is 4.88 Å². The van der Waals surface area contributed by atoms with E-state index in [0.717, 1.165) is 38.0 Å². The van der Waals surface area contributed by atoms with Gasteiger partial charge in [0.2, 0.25) is 5.91 Å². The number of halogens is 1. The second-order valence-corrected chi connectivity index (χ2v) is 8.23. The van der Waals surface area contributed by atoms with Crippen LogP contribution in [0.25, 0.3) is 10.1 Å². The molecule has 0 atom stereocenters. The number of rotatable bonds is 4. The van der Waals surface area contributed by atoms with Gasteiger partial charge in [0.15, 0.2) is 0 Å². The lowest BCUT2D eigenvalue weighted by Gasteiger charge is -2.18. The Balaban J connectivity index is 1.76. The van der Waals surface area contributed by atoms with Gasteiger partial charge in [-0.2, -0.15) is 0 Å². The molecule has 0 unspecified atom stereocenters. The minimum absolute atomic E-state index is 0.0619. The second kappa shape index (κ2) is 7.72. The summed E-state index contributed by atoms with van der Waals surface area (Å²) in [7, 11) is 1.60. The Morgan fingerprint density at radius 3 is 2.36 bits per heavy atom. The van der Waals surface area contributed by atoms with Gasteiger partial charge in [0, 0.05) is 17.4 Å². The van der Waals surface area contributed by atoms with Crippen molar-refractivity contribution in [3.8, 4) is 0 Å². The molecule has 0 radical (unpaired) electrons. The Bertz CT molecular complexity index is 1060. The number of aryl methyl sites for hydroxylation is 4. The molecule has 146 valence electrons. The molecule has 0 saturated carbocycles. The number of thiophene rings is 1. The third-order valence-electron chi connectivity index (χ3n) is 4.76. The molecule has 6 heteroatoms. The monoisotopic (exact) mass is 398 g/mol. The molecule has 1 N–H and O–H groups in total. The fourth-order valence-electron chi connectivity index (χ4n) is 3.41. The average molecular weight is 399 g/mol. The van der Waals surface area contributed by atoms with Gasteiger partial charge in [0.25, 0.3) is 5.91 Å². The second-order valence-electron chi connectivity index (χ2n) is 7.18. The number of benzene rings is 2. The summed E-state index contributed by atoms with van der Waals surface area (Å²) in [4.78, 5) is 27.3. The molecule has 2 aromatic carbocycles. The molecule has 0 spiro atoms. The highest BCUT2D eigenvalue weighted by atomic mass is 32.1. The third kappa shape index (κ3) is 3.92. The van der Waals surface area contributed by atoms with E-state index >= 15 is 0 Å². The number of amides is 2. The first kappa shape index (κ1) is 20.0. The summed E-state index contributed by atoms with van der Waals surface area (Å²) in [6, 6.07) is 8.52. The summed E-state index contributed by atoms with van der Waals surface area (Å²) >= 11 is 1.32. The first-order valence-corrected chi connectivity index (χ1v) is 9.81. The molecule has 0 fully saturated rings. The van der Waals surface area contributed by atoms with Gasteiger partial charge in [-0.15, -0.1) is 11.3 Å². The van der Waals surface area contributed by atoms with Crippen LogP contribution in [-0.4, -0.2) is 30.3 Å². The predicted molar refractivity (Wildman–Crippen MR) is 113 cm³/mol. The van der Waals surface area contributed by atoms with Crippen molar-refractivity contribution in [2.24, 2.45) is 0 Å². The van der Waals surface area contributed by atoms with Gasteiger partial charge in [-0.05, 0) is 68.0 Å². The lowest BCUT2D eigenvalue weighted by atomic mass is 10.1. The quantitative estimate of drug-likeness (QED) is 0.673. The van der Waals surface area contributed by atoms with Gasteiger partial charge in [-0.25, -0.2) is 4.39 Å². The zero-order valence-electron chi connectivity index (χ0n) is 16.6. The van der Waals surface area contributed by atoms with Crippen molar-refractivity contribution in [2.45, 2.75) is 27.7 Å². The van der Waals surface area contributed by atoms with Crippen LogP contribution in [0.4, 0.5) is 10.1 Å². The zero-order chi connectivity index (χ0) is 20.6. The molecule has 3 aromatic rings. The predicted octanol–water partition coefficient (Wildman–Crippen LogP) is 4.98. The molecule has 0 aliphatic rings. The number of nitrogens with zero attached hydrogens (tertiary/aromatic N) is 1. The summed E-state index contributed by atoms with van der Waals surface area (Å²) in [5.74, 6) is -0.828. The number of carbonyl (C=O) groups excluding carboxylic acids is 2. The van der Waals surface area contributed by atoms with Gasteiger partial charge in [-0.3, -0.25) is 9.59 Å². The SMILES string of the molecule is Cc1cc(C)c(NC(=O)CN(C)C(=O)c2sc3ccc(F)cc3c2C)c(C)c1. The molecule has 0 aliphatic carbocycles. The minimum atomic E-state index is -0.330. The molecule has 0 saturated heterocycles. The third-order valence-corrected chi connectivity index (χ3v) is 6.02. The van der Waals surface area contributed by atoms with Crippen LogP contribution in [0.5, 0.6) is 0 Å². The standard InChI is InChI=1S/C22H23FN2O2S/c1-12-8-13(2)20(14(3)9-12)24-19(26)11-25(5)22(27)21-15(4)17-10-16(23)6-7-18(17)28-21/h6-10H,11H2,1-5H3,(H,24,26). The highest BCUT2D eigenvalue weighted by molar-refractivity contribution is 7.21. The fourth-order valence-corrected chi connectivity index (χ4v) is 4.60. The minimum Gasteiger partial charge on any atom is -0.332 e. The molecule has 0 aliphatic heterocycles. The van der Waals surface area contributed by atoms with Gasteiger partial charge < -0.3 is 10.2 Å². The van der Waals surface area contributed by atoms with Gasteiger partial charge >= 0.3 is 0 Å². The van der Waals surface area contributed by atoms with E-state index in [4.69, 9.17) is 0 Å². The molecule has 4 nitrogen and oxygen atoms in total. The van der Waals surface area contributed by atoms with Crippen LogP contribution in [0, 0.1) is 33.5 Å². The summed E-state index contributed by atoms with van der Waals surface area (Å²) in [5.41, 5.74) is 4.63. The summed E-state index contributed by atoms with van der Waals surface area (Å²) < 4.78 is 14.4. The lowest BCUT2D eigenvalue weighted by molar-refractivity contribution is -0.116. The largest absolute Gasteiger partial charge is 0.332 e. The smallest absolute Gasteiger partial charge is 0.264 e. The number of hydrogen-bond acceptors (Lipinski definition) is 3. The van der Waals surface area contributed by atoms with E-state index in [1.165, 1.54) is 28.4 Å². The maximum Gasteiger partial charge on any atom is 0.264 e. The van der Waals surface area contributed by atoms with Crippen LogP contribution in [0.3, 0.4) is 0 Å². The van der Waals surface area contributed by atoms with Crippen molar-refractivity contribution in [1.29, 1.82) is 0 Å². The van der Waals surface area contributed by atoms with Gasteiger partial charge in [0.05, 0.1) is 11.4 Å². The molecule has 2 amide bonds. The van der Waals surface area contributed by atoms with E-state index < -0.39 is 0 Å². The summed E-state index contributed by atoms with van der Waals surface area (Å²) in [6.07, 6.45) is 0. The van der Waals surface area contributed by atoms with Crippen molar-refractivity contribution in [3.63, 3.8) is 0 Å². The van der Waals surface area contributed by atoms with Crippen LogP contribution in [0.2, 0.25) is 0 Å². The number of likely N-dealkylation sites (N-methyl/N-ethyl adjacent to an activating group) is 1. The molecular weight excluding hydrogens is 375 g/mol. The number of carbonyl (C=O) groups is 2. The summed E-state index contributed by atoms with van der Waals surface area (Å²) in [6.45, 7) is 7.65. The lowest BCUT2D eigenvalue weighted by Crippen LogP contribution is -2.35. The summed E-state index contributed by atoms with van der Waals surface area (Å²) in [5, 5.41) is 3.65. The van der Waals surface area contributed by atoms with Crippen LogP contribution in [0.15, 0.2) is 30.3 Å². The molecule has 3 rings (SSSR count). The van der Waals surface area contributed by atoms with E-state index in [1.807, 2.05) is 32.9 Å². The molecule has 1 heterocycles. The van der Waals surface area contributed by atoms with Crippen molar-refractivity contribution in [1.82, 2.24) is 4.90 Å². The molecular formula is C22H23FN2O2S. The van der Waals surface area contributed by atoms with Gasteiger partial charge in [0.1, 0.15) is 5.82 Å². The van der Waals surface area contributed by atoms with Crippen molar-refractivity contribution in [3.05, 3.63) is 63.3 Å². The molecule has 28 heavy (non-hydrogen) atoms. The Labute approximate surface area is 168 Å². The van der Waals surface area contributed by atoms with Crippen LogP contribution in [0.1, 0.15) is 31.9 Å². The topological polar surface area (TPSA) is 49.4 Å². The Kier molecular flexibility index (Phi) is 5.52. The van der Waals surface area contributed by atoms with Crippen molar-refractivity contribution < 1.29 is 14.0 Å². The van der Waals surface area contributed by atoms with E-state index in [9.17, 15) is 14.0 Å². The molecule has 1 aromatic heterocycles. The van der Waals surface area contributed by atoms with E-state index in [1.54, 1.807) is 20.0 Å². The van der Waals surface area contributed by atoms with Crippen LogP contribution < -0.4 is 5.32 Å². The van der Waals surface area contributed by atoms with Crippen molar-refractivity contribution in [2.75, 3.05) is 18.9 Å². The maximum atomic E-state index is 13.5.